The molecule has 37 heavy (non-hydrogen) atoms. The Labute approximate surface area is 224 Å². The highest BCUT2D eigenvalue weighted by Gasteiger charge is 2.42. The van der Waals surface area contributed by atoms with Crippen molar-refractivity contribution in [2.24, 2.45) is 17.8 Å². The Morgan fingerprint density at radius 1 is 0.973 bits per heavy atom. The Morgan fingerprint density at radius 3 is 2.35 bits per heavy atom. The first kappa shape index (κ1) is 26.2. The average Bonchev–Trinajstić information content (AvgIpc) is 3.63. The van der Waals surface area contributed by atoms with Crippen LogP contribution >= 0.6 is 11.6 Å². The summed E-state index contributed by atoms with van der Waals surface area (Å²) in [6, 6.07) is 14.6. The summed E-state index contributed by atoms with van der Waals surface area (Å²) in [5, 5.41) is 3.48. The van der Waals surface area contributed by atoms with Crippen molar-refractivity contribution < 1.29 is 14.0 Å². The zero-order chi connectivity index (χ0) is 25.8. The van der Waals surface area contributed by atoms with E-state index in [4.69, 9.17) is 11.6 Å². The standard InChI is InChI=1S/C30H37ClFN3O2/c31-25-11-6-12-26(32)29(25)30(37)35-19-23-17-34(18-24(23)20-35)16-15-27(22-9-2-1-3-10-22)33-28(36)14-13-21-7-4-5-8-21/h1-3,6,9-12,21,23-24,27H,4-5,7-8,13-20H2,(H,33,36)/t23-,24?,27?/m0/s1. The van der Waals surface area contributed by atoms with Crippen molar-refractivity contribution in [3.63, 3.8) is 0 Å². The number of benzene rings is 2. The molecule has 2 heterocycles. The van der Waals surface area contributed by atoms with Crippen LogP contribution in [0.1, 0.15) is 66.9 Å². The first-order valence-electron chi connectivity index (χ1n) is 13.8. The van der Waals surface area contributed by atoms with Crippen LogP contribution in [0.25, 0.3) is 0 Å². The van der Waals surface area contributed by atoms with Gasteiger partial charge in [0, 0.05) is 39.1 Å². The molecule has 0 bridgehead atoms. The van der Waals surface area contributed by atoms with Crippen LogP contribution in [0.3, 0.4) is 0 Å². The minimum Gasteiger partial charge on any atom is -0.349 e. The summed E-state index contributed by atoms with van der Waals surface area (Å²) < 4.78 is 14.3. The number of amides is 2. The lowest BCUT2D eigenvalue weighted by Gasteiger charge is -2.25. The SMILES string of the molecule is O=C(CCC1CCCC1)NC(CCN1CC2CN(C(=O)c3c(F)cccc3Cl)C[C@@H]2C1)c1ccccc1. The van der Waals surface area contributed by atoms with E-state index in [2.05, 4.69) is 22.3 Å². The summed E-state index contributed by atoms with van der Waals surface area (Å²) in [6.45, 7) is 3.98. The monoisotopic (exact) mass is 525 g/mol. The van der Waals surface area contributed by atoms with E-state index in [-0.39, 0.29) is 28.4 Å². The Bertz CT molecular complexity index is 1060. The Balaban J connectivity index is 1.13. The van der Waals surface area contributed by atoms with Gasteiger partial charge in [0.25, 0.3) is 5.91 Å². The minimum atomic E-state index is -0.562. The van der Waals surface area contributed by atoms with Crippen LogP contribution in [0.5, 0.6) is 0 Å². The molecule has 0 radical (unpaired) electrons. The molecule has 7 heteroatoms. The largest absolute Gasteiger partial charge is 0.349 e. The molecule has 2 aliphatic heterocycles. The molecular formula is C30H37ClFN3O2. The number of carbonyl (C=O) groups excluding carboxylic acids is 2. The Kier molecular flexibility index (Phi) is 8.46. The molecule has 0 aromatic heterocycles. The molecule has 1 N–H and O–H groups in total. The van der Waals surface area contributed by atoms with Crippen molar-refractivity contribution in [3.8, 4) is 0 Å². The van der Waals surface area contributed by atoms with Gasteiger partial charge in [0.15, 0.2) is 0 Å². The van der Waals surface area contributed by atoms with Gasteiger partial charge >= 0.3 is 0 Å². The van der Waals surface area contributed by atoms with Crippen molar-refractivity contribution in [2.75, 3.05) is 32.7 Å². The molecule has 3 atom stereocenters. The van der Waals surface area contributed by atoms with E-state index in [0.29, 0.717) is 37.3 Å². The van der Waals surface area contributed by atoms with E-state index < -0.39 is 5.82 Å². The maximum Gasteiger partial charge on any atom is 0.258 e. The predicted molar refractivity (Wildman–Crippen MR) is 144 cm³/mol. The van der Waals surface area contributed by atoms with Crippen LogP contribution in [0.15, 0.2) is 48.5 Å². The number of likely N-dealkylation sites (tertiary alicyclic amines) is 2. The summed E-state index contributed by atoms with van der Waals surface area (Å²) in [4.78, 5) is 30.0. The van der Waals surface area contributed by atoms with Crippen LogP contribution < -0.4 is 5.32 Å². The van der Waals surface area contributed by atoms with E-state index in [1.807, 2.05) is 18.2 Å². The van der Waals surface area contributed by atoms with E-state index in [9.17, 15) is 14.0 Å². The highest BCUT2D eigenvalue weighted by Crippen LogP contribution is 2.34. The zero-order valence-corrected chi connectivity index (χ0v) is 22.1. The second kappa shape index (κ2) is 12.0. The van der Waals surface area contributed by atoms with Crippen molar-refractivity contribution in [2.45, 2.75) is 51.0 Å². The lowest BCUT2D eigenvalue weighted by molar-refractivity contribution is -0.122. The van der Waals surface area contributed by atoms with Crippen LogP contribution in [-0.4, -0.2) is 54.3 Å². The van der Waals surface area contributed by atoms with Gasteiger partial charge in [-0.15, -0.1) is 0 Å². The zero-order valence-electron chi connectivity index (χ0n) is 21.4. The first-order chi connectivity index (χ1) is 18.0. The van der Waals surface area contributed by atoms with E-state index >= 15 is 0 Å². The number of rotatable bonds is 9. The summed E-state index contributed by atoms with van der Waals surface area (Å²) in [5.74, 6) is 0.754. The third-order valence-corrected chi connectivity index (χ3v) is 8.87. The summed E-state index contributed by atoms with van der Waals surface area (Å²) in [7, 11) is 0. The molecule has 3 fully saturated rings. The third-order valence-electron chi connectivity index (χ3n) is 8.55. The summed E-state index contributed by atoms with van der Waals surface area (Å²) >= 11 is 6.13. The Morgan fingerprint density at radius 2 is 1.68 bits per heavy atom. The van der Waals surface area contributed by atoms with Gasteiger partial charge in [-0.25, -0.2) is 4.39 Å². The van der Waals surface area contributed by atoms with Gasteiger partial charge < -0.3 is 15.1 Å². The molecule has 5 nitrogen and oxygen atoms in total. The third kappa shape index (κ3) is 6.35. The second-order valence-corrected chi connectivity index (χ2v) is 11.5. The fourth-order valence-corrected chi connectivity index (χ4v) is 6.76. The van der Waals surface area contributed by atoms with Gasteiger partial charge in [-0.2, -0.15) is 0 Å². The summed E-state index contributed by atoms with van der Waals surface area (Å²) in [6.07, 6.45) is 7.60. The quantitative estimate of drug-likeness (QED) is 0.457. The first-order valence-corrected chi connectivity index (χ1v) is 14.2. The number of hydrogen-bond acceptors (Lipinski definition) is 3. The van der Waals surface area contributed by atoms with Crippen LogP contribution in [0, 0.1) is 23.6 Å². The normalized spacial score (nSPS) is 22.8. The maximum atomic E-state index is 14.3. The molecule has 1 saturated carbocycles. The van der Waals surface area contributed by atoms with E-state index in [1.165, 1.54) is 37.8 Å². The maximum absolute atomic E-state index is 14.3. The molecule has 5 rings (SSSR count). The predicted octanol–water partition coefficient (Wildman–Crippen LogP) is 5.70. The molecule has 2 amide bonds. The number of nitrogens with one attached hydrogen (secondary N) is 1. The lowest BCUT2D eigenvalue weighted by Crippen LogP contribution is -2.35. The van der Waals surface area contributed by atoms with E-state index in [1.54, 1.807) is 11.0 Å². The van der Waals surface area contributed by atoms with Crippen molar-refractivity contribution >= 4 is 23.4 Å². The number of nitrogens with zero attached hydrogens (tertiary/aromatic N) is 2. The topological polar surface area (TPSA) is 52.7 Å². The molecule has 1 aliphatic carbocycles. The van der Waals surface area contributed by atoms with E-state index in [0.717, 1.165) is 38.0 Å². The molecule has 2 aromatic rings. The molecule has 2 aromatic carbocycles. The fraction of sp³-hybridized carbons (Fsp3) is 0.533. The van der Waals surface area contributed by atoms with Crippen LogP contribution in [0.2, 0.25) is 5.02 Å². The minimum absolute atomic E-state index is 0.000933. The molecule has 2 unspecified atom stereocenters. The molecule has 2 saturated heterocycles. The van der Waals surface area contributed by atoms with Crippen molar-refractivity contribution in [3.05, 3.63) is 70.5 Å². The molecule has 0 spiro atoms. The van der Waals surface area contributed by atoms with Gasteiger partial charge in [0.05, 0.1) is 16.6 Å². The highest BCUT2D eigenvalue weighted by atomic mass is 35.5. The van der Waals surface area contributed by atoms with Crippen molar-refractivity contribution in [1.29, 1.82) is 0 Å². The van der Waals surface area contributed by atoms with Gasteiger partial charge in [0.2, 0.25) is 5.91 Å². The van der Waals surface area contributed by atoms with Crippen LogP contribution in [0.4, 0.5) is 4.39 Å². The van der Waals surface area contributed by atoms with Gasteiger partial charge in [-0.05, 0) is 48.3 Å². The number of fused-ring (bicyclic) bond motifs is 1. The number of hydrogen-bond donors (Lipinski definition) is 1. The van der Waals surface area contributed by atoms with Gasteiger partial charge in [0.1, 0.15) is 5.82 Å². The molecule has 198 valence electrons. The molecular weight excluding hydrogens is 489 g/mol. The van der Waals surface area contributed by atoms with Gasteiger partial charge in [-0.1, -0.05) is 73.7 Å². The van der Waals surface area contributed by atoms with Gasteiger partial charge in [-0.3, -0.25) is 9.59 Å². The molecule has 3 aliphatic rings. The fourth-order valence-electron chi connectivity index (χ4n) is 6.52. The number of halogens is 2. The van der Waals surface area contributed by atoms with Crippen molar-refractivity contribution in [1.82, 2.24) is 15.1 Å². The average molecular weight is 526 g/mol. The lowest BCUT2D eigenvalue weighted by atomic mass is 10.00. The Hall–Kier alpha value is -2.44. The second-order valence-electron chi connectivity index (χ2n) is 11.1. The smallest absolute Gasteiger partial charge is 0.258 e. The summed E-state index contributed by atoms with van der Waals surface area (Å²) in [5.41, 5.74) is 1.13. The highest BCUT2D eigenvalue weighted by molar-refractivity contribution is 6.33. The number of carbonyl (C=O) groups is 2. The van der Waals surface area contributed by atoms with Crippen LogP contribution in [-0.2, 0) is 4.79 Å².